The van der Waals surface area contributed by atoms with Crippen LogP contribution < -0.4 is 0 Å². The van der Waals surface area contributed by atoms with E-state index in [1.54, 1.807) is 6.92 Å². The van der Waals surface area contributed by atoms with Gasteiger partial charge in [-0.15, -0.1) is 0 Å². The molecule has 2 saturated heterocycles. The van der Waals surface area contributed by atoms with Crippen LogP contribution in [0.5, 0.6) is 0 Å². The van der Waals surface area contributed by atoms with Crippen LogP contribution in [0.25, 0.3) is 0 Å². The summed E-state index contributed by atoms with van der Waals surface area (Å²) in [6.45, 7) is 5.71. The summed E-state index contributed by atoms with van der Waals surface area (Å²) in [5.74, 6) is -7.00. The summed E-state index contributed by atoms with van der Waals surface area (Å²) in [6.07, 6.45) is -9.52. The van der Waals surface area contributed by atoms with Crippen molar-refractivity contribution in [3.8, 4) is 0 Å². The number of fused-ring (bicyclic) bond motifs is 3. The summed E-state index contributed by atoms with van der Waals surface area (Å²) in [7, 11) is 0. The van der Waals surface area contributed by atoms with Gasteiger partial charge in [0.15, 0.2) is 12.2 Å². The number of oxime groups is 1. The summed E-state index contributed by atoms with van der Waals surface area (Å²) in [4.78, 5) is 82.7. The summed E-state index contributed by atoms with van der Waals surface area (Å²) in [6, 6.07) is 8.56. The lowest BCUT2D eigenvalue weighted by atomic mass is 9.60. The van der Waals surface area contributed by atoms with E-state index in [2.05, 4.69) is 5.16 Å². The molecule has 2 aliphatic carbocycles. The number of hydrogen-bond acceptors (Lipinski definition) is 15. The van der Waals surface area contributed by atoms with E-state index in [0.29, 0.717) is 12.8 Å². The molecule has 16 heteroatoms. The number of ether oxygens (including phenoxy) is 5. The lowest BCUT2D eigenvalue weighted by Crippen LogP contribution is -2.62. The molecule has 5 rings (SSSR count). The molecule has 50 heavy (non-hydrogen) atoms. The molecule has 2 heterocycles. The van der Waals surface area contributed by atoms with E-state index in [9.17, 15) is 39.0 Å². The maximum atomic E-state index is 14.0. The average Bonchev–Trinajstić information content (AvgIpc) is 3.31. The Morgan fingerprint density at radius 1 is 0.860 bits per heavy atom. The van der Waals surface area contributed by atoms with Gasteiger partial charge in [0.05, 0.1) is 35.8 Å². The molecule has 16 nitrogen and oxygen atoms in total. The number of esters is 4. The number of likely N-dealkylation sites (tertiary alicyclic amines) is 1. The first kappa shape index (κ1) is 36.9. The maximum absolute atomic E-state index is 14.0. The molecular formula is C34H42N2O14. The highest BCUT2D eigenvalue weighted by Gasteiger charge is 2.61. The molecule has 0 spiro atoms. The van der Waals surface area contributed by atoms with E-state index in [-0.39, 0.29) is 18.0 Å². The van der Waals surface area contributed by atoms with E-state index in [4.69, 9.17) is 28.5 Å². The number of rotatable bonds is 9. The molecule has 1 aromatic carbocycles. The molecule has 0 radical (unpaired) electrons. The van der Waals surface area contributed by atoms with Crippen molar-refractivity contribution in [1.82, 2.24) is 4.90 Å². The normalized spacial score (nSPS) is 35.0. The van der Waals surface area contributed by atoms with Crippen LogP contribution >= 0.6 is 0 Å². The third kappa shape index (κ3) is 7.51. The number of hydrogen-bond donors (Lipinski definition) is 2. The molecule has 2 aliphatic heterocycles. The Morgan fingerprint density at radius 3 is 2.08 bits per heavy atom. The topological polar surface area (TPSA) is 214 Å². The summed E-state index contributed by atoms with van der Waals surface area (Å²) in [5, 5.41) is 26.5. The lowest BCUT2D eigenvalue weighted by molar-refractivity contribution is -0.308. The van der Waals surface area contributed by atoms with Gasteiger partial charge in [0.2, 0.25) is 17.9 Å². The van der Waals surface area contributed by atoms with Crippen LogP contribution in [-0.2, 0) is 57.3 Å². The second-order valence-corrected chi connectivity index (χ2v) is 13.0. The van der Waals surface area contributed by atoms with Gasteiger partial charge in [0, 0.05) is 46.0 Å². The second-order valence-electron chi connectivity index (χ2n) is 13.0. The summed E-state index contributed by atoms with van der Waals surface area (Å²) in [5.41, 5.74) is 1.03. The van der Waals surface area contributed by atoms with Crippen molar-refractivity contribution >= 4 is 41.4 Å². The van der Waals surface area contributed by atoms with Gasteiger partial charge in [-0.1, -0.05) is 35.5 Å². The zero-order valence-corrected chi connectivity index (χ0v) is 28.3. The van der Waals surface area contributed by atoms with Crippen LogP contribution in [0.4, 0.5) is 0 Å². The Labute approximate surface area is 287 Å². The molecule has 4 aliphatic rings. The summed E-state index contributed by atoms with van der Waals surface area (Å²) < 4.78 is 27.3. The van der Waals surface area contributed by atoms with Crippen molar-refractivity contribution < 1.29 is 67.5 Å². The van der Waals surface area contributed by atoms with Crippen LogP contribution in [-0.4, -0.2) is 106 Å². The minimum absolute atomic E-state index is 0.155. The van der Waals surface area contributed by atoms with Crippen molar-refractivity contribution in [3.63, 3.8) is 0 Å². The van der Waals surface area contributed by atoms with Crippen LogP contribution in [0.15, 0.2) is 35.5 Å². The fourth-order valence-electron chi connectivity index (χ4n) is 7.65. The Bertz CT molecular complexity index is 1520. The smallest absolute Gasteiger partial charge is 0.303 e. The first-order valence-electron chi connectivity index (χ1n) is 16.5. The molecule has 2 amide bonds. The standard InChI is InChI=1S/C34H42N2O14/c1-15(20-9-7-6-8-10-20)36-32(43)22-12-11-21-23(13-24(41)28(42)26(21)27(22)33(36)44)35-50-34-31(48-19(5)40)30(47-18(4)39)29(46-17(3)38)25(49-34)14-45-16(2)37/h6-10,15,21-22,24-31,34,41-42H,11-14H2,1-5H3/b35-23+/t15-,21+,22+,24+,25+,26-,27+,28?,29+,30-,31?,34-/m0/s1. The van der Waals surface area contributed by atoms with Crippen molar-refractivity contribution in [2.24, 2.45) is 28.8 Å². The fourth-order valence-corrected chi connectivity index (χ4v) is 7.65. The van der Waals surface area contributed by atoms with Gasteiger partial charge >= 0.3 is 23.9 Å². The monoisotopic (exact) mass is 702 g/mol. The van der Waals surface area contributed by atoms with Gasteiger partial charge in [-0.05, 0) is 25.3 Å². The predicted octanol–water partition coefficient (Wildman–Crippen LogP) is 0.956. The van der Waals surface area contributed by atoms with Gasteiger partial charge < -0.3 is 38.7 Å². The molecule has 2 unspecified atom stereocenters. The van der Waals surface area contributed by atoms with E-state index >= 15 is 0 Å². The van der Waals surface area contributed by atoms with Crippen LogP contribution in [0.2, 0.25) is 0 Å². The third-order valence-electron chi connectivity index (χ3n) is 9.70. The largest absolute Gasteiger partial charge is 0.463 e. The Balaban J connectivity index is 1.45. The van der Waals surface area contributed by atoms with E-state index in [1.165, 1.54) is 4.90 Å². The van der Waals surface area contributed by atoms with Crippen molar-refractivity contribution in [2.75, 3.05) is 6.61 Å². The van der Waals surface area contributed by atoms with Crippen LogP contribution in [0, 0.1) is 23.7 Å². The third-order valence-corrected chi connectivity index (χ3v) is 9.70. The van der Waals surface area contributed by atoms with Crippen molar-refractivity contribution in [1.29, 1.82) is 0 Å². The highest BCUT2D eigenvalue weighted by Crippen LogP contribution is 2.51. The minimum Gasteiger partial charge on any atom is -0.463 e. The van der Waals surface area contributed by atoms with E-state index < -0.39 is 109 Å². The van der Waals surface area contributed by atoms with Gasteiger partial charge in [-0.2, -0.15) is 0 Å². The quantitative estimate of drug-likeness (QED) is 0.159. The molecule has 0 aromatic heterocycles. The molecule has 12 atom stereocenters. The Hall–Kier alpha value is -4.41. The minimum atomic E-state index is -1.61. The molecule has 272 valence electrons. The second kappa shape index (κ2) is 15.2. The number of aliphatic hydroxyl groups is 2. The SMILES string of the molecule is CC(=O)OC[C@H]1O[C@@H](O/N=C2\C[C@@H](O)C(O)[C@@H]3[C@@H]4C(=O)N([C@@H](C)c5ccccc5)C(=O)[C@@H]4CC[C@H]23)C(OC(C)=O)[C@@H](OC(C)=O)[C@@H]1OC(C)=O. The van der Waals surface area contributed by atoms with Gasteiger partial charge in [-0.25, -0.2) is 0 Å². The molecule has 1 aromatic rings. The number of aliphatic hydroxyl groups excluding tert-OH is 2. The predicted molar refractivity (Wildman–Crippen MR) is 167 cm³/mol. The average molecular weight is 703 g/mol. The number of carbonyl (C=O) groups is 6. The summed E-state index contributed by atoms with van der Waals surface area (Å²) >= 11 is 0. The maximum Gasteiger partial charge on any atom is 0.303 e. The highest BCUT2D eigenvalue weighted by atomic mass is 16.8. The van der Waals surface area contributed by atoms with E-state index in [0.717, 1.165) is 33.3 Å². The molecule has 2 N–H and O–H groups in total. The number of nitrogens with zero attached hydrogens (tertiary/aromatic N) is 2. The van der Waals surface area contributed by atoms with Gasteiger partial charge in [0.25, 0.3) is 6.29 Å². The van der Waals surface area contributed by atoms with Crippen molar-refractivity contribution in [3.05, 3.63) is 35.9 Å². The van der Waals surface area contributed by atoms with Crippen LogP contribution in [0.3, 0.4) is 0 Å². The fraction of sp³-hybridized carbons (Fsp3) is 0.618. The first-order chi connectivity index (χ1) is 23.7. The number of imide groups is 1. The Kier molecular flexibility index (Phi) is 11.2. The molecule has 2 saturated carbocycles. The van der Waals surface area contributed by atoms with Crippen molar-refractivity contribution in [2.45, 2.75) is 103 Å². The Morgan fingerprint density at radius 2 is 1.46 bits per heavy atom. The lowest BCUT2D eigenvalue weighted by Gasteiger charge is -2.46. The molecular weight excluding hydrogens is 660 g/mol. The number of benzene rings is 1. The van der Waals surface area contributed by atoms with Gasteiger partial charge in [0.1, 0.15) is 12.7 Å². The van der Waals surface area contributed by atoms with E-state index in [1.807, 2.05) is 30.3 Å². The molecule has 0 bridgehead atoms. The first-order valence-corrected chi connectivity index (χ1v) is 16.5. The van der Waals surface area contributed by atoms with Crippen LogP contribution in [0.1, 0.15) is 65.5 Å². The zero-order valence-electron chi connectivity index (χ0n) is 28.3. The van der Waals surface area contributed by atoms with Gasteiger partial charge in [-0.3, -0.25) is 33.7 Å². The molecule has 4 fully saturated rings. The number of amides is 2. The zero-order chi connectivity index (χ0) is 36.4. The highest BCUT2D eigenvalue weighted by molar-refractivity contribution is 6.06. The number of carbonyl (C=O) groups excluding carboxylic acids is 6.